The lowest BCUT2D eigenvalue weighted by Crippen LogP contribution is -2.51. The highest BCUT2D eigenvalue weighted by atomic mass is 19.1. The zero-order chi connectivity index (χ0) is 14.6. The molecule has 5 heteroatoms. The largest absolute Gasteiger partial charge is 0.494 e. The first kappa shape index (κ1) is 15.4. The maximum Gasteiger partial charge on any atom is 0.242 e. The minimum Gasteiger partial charge on any atom is -0.494 e. The quantitative estimate of drug-likeness (QED) is 0.887. The van der Waals surface area contributed by atoms with Gasteiger partial charge in [0.05, 0.1) is 12.6 Å². The molecular formula is C14H21FN2O2. The number of rotatable bonds is 5. The van der Waals surface area contributed by atoms with Crippen LogP contribution in [0.5, 0.6) is 5.75 Å². The summed E-state index contributed by atoms with van der Waals surface area (Å²) in [4.78, 5) is 13.6. The second kappa shape index (κ2) is 6.02. The SMILES string of the molecule is CCC(C)(N)C(=O)N(C)Cc1ccc(OC)c(F)c1. The molecule has 19 heavy (non-hydrogen) atoms. The Balaban J connectivity index is 2.80. The Kier molecular flexibility index (Phi) is 4.89. The third-order valence-corrected chi connectivity index (χ3v) is 3.21. The molecule has 0 saturated carbocycles. The summed E-state index contributed by atoms with van der Waals surface area (Å²) >= 11 is 0. The van der Waals surface area contributed by atoms with Gasteiger partial charge in [0, 0.05) is 13.6 Å². The van der Waals surface area contributed by atoms with Crippen molar-refractivity contribution in [1.29, 1.82) is 0 Å². The number of amides is 1. The van der Waals surface area contributed by atoms with Gasteiger partial charge in [0.25, 0.3) is 0 Å². The molecule has 0 bridgehead atoms. The van der Waals surface area contributed by atoms with Crippen LogP contribution in [0.4, 0.5) is 4.39 Å². The number of ether oxygens (including phenoxy) is 1. The second-order valence-electron chi connectivity index (χ2n) is 4.90. The normalized spacial score (nSPS) is 13.8. The van der Waals surface area contributed by atoms with E-state index in [0.717, 1.165) is 0 Å². The first-order valence-corrected chi connectivity index (χ1v) is 6.18. The van der Waals surface area contributed by atoms with E-state index in [2.05, 4.69) is 0 Å². The van der Waals surface area contributed by atoms with Crippen LogP contribution < -0.4 is 10.5 Å². The van der Waals surface area contributed by atoms with Crippen molar-refractivity contribution in [1.82, 2.24) is 4.90 Å². The number of nitrogens with zero attached hydrogens (tertiary/aromatic N) is 1. The highest BCUT2D eigenvalue weighted by molar-refractivity contribution is 5.85. The van der Waals surface area contributed by atoms with Gasteiger partial charge in [-0.25, -0.2) is 4.39 Å². The van der Waals surface area contributed by atoms with Gasteiger partial charge in [-0.05, 0) is 31.0 Å². The number of carbonyl (C=O) groups excluding carboxylic acids is 1. The smallest absolute Gasteiger partial charge is 0.242 e. The lowest BCUT2D eigenvalue weighted by Gasteiger charge is -2.28. The van der Waals surface area contributed by atoms with Crippen molar-refractivity contribution in [2.75, 3.05) is 14.2 Å². The van der Waals surface area contributed by atoms with E-state index in [1.807, 2.05) is 6.92 Å². The van der Waals surface area contributed by atoms with Crippen molar-refractivity contribution in [3.8, 4) is 5.75 Å². The molecule has 1 atom stereocenters. The molecule has 2 N–H and O–H groups in total. The van der Waals surface area contributed by atoms with Gasteiger partial charge in [-0.15, -0.1) is 0 Å². The highest BCUT2D eigenvalue weighted by Gasteiger charge is 2.29. The van der Waals surface area contributed by atoms with Crippen LogP contribution in [0, 0.1) is 5.82 Å². The predicted molar refractivity (Wildman–Crippen MR) is 72.3 cm³/mol. The molecule has 0 radical (unpaired) electrons. The van der Waals surface area contributed by atoms with Crippen LogP contribution >= 0.6 is 0 Å². The standard InChI is InChI=1S/C14H21FN2O2/c1-5-14(2,16)13(18)17(3)9-10-6-7-12(19-4)11(15)8-10/h6-8H,5,9,16H2,1-4H3. The van der Waals surface area contributed by atoms with Gasteiger partial charge >= 0.3 is 0 Å². The Labute approximate surface area is 113 Å². The third kappa shape index (κ3) is 3.67. The zero-order valence-corrected chi connectivity index (χ0v) is 11.9. The molecule has 0 aliphatic heterocycles. The van der Waals surface area contributed by atoms with Gasteiger partial charge in [-0.1, -0.05) is 13.0 Å². The van der Waals surface area contributed by atoms with Gasteiger partial charge < -0.3 is 15.4 Å². The van der Waals surface area contributed by atoms with E-state index >= 15 is 0 Å². The summed E-state index contributed by atoms with van der Waals surface area (Å²) in [6, 6.07) is 4.64. The van der Waals surface area contributed by atoms with Crippen molar-refractivity contribution in [3.05, 3.63) is 29.6 Å². The molecule has 0 aromatic heterocycles. The Bertz CT molecular complexity index is 461. The van der Waals surface area contributed by atoms with Crippen LogP contribution in [-0.2, 0) is 11.3 Å². The first-order chi connectivity index (χ1) is 8.81. The molecule has 0 fully saturated rings. The molecule has 1 aromatic carbocycles. The summed E-state index contributed by atoms with van der Waals surface area (Å²) in [7, 11) is 3.07. The van der Waals surface area contributed by atoms with E-state index in [1.54, 1.807) is 26.1 Å². The van der Waals surface area contributed by atoms with Crippen LogP contribution in [0.25, 0.3) is 0 Å². The van der Waals surface area contributed by atoms with Crippen molar-refractivity contribution in [2.45, 2.75) is 32.4 Å². The van der Waals surface area contributed by atoms with E-state index in [0.29, 0.717) is 18.5 Å². The zero-order valence-electron chi connectivity index (χ0n) is 11.9. The Morgan fingerprint density at radius 1 is 1.53 bits per heavy atom. The van der Waals surface area contributed by atoms with E-state index in [9.17, 15) is 9.18 Å². The second-order valence-corrected chi connectivity index (χ2v) is 4.90. The number of hydrogen-bond donors (Lipinski definition) is 1. The number of likely N-dealkylation sites (N-methyl/N-ethyl adjacent to an activating group) is 1. The summed E-state index contributed by atoms with van der Waals surface area (Å²) in [6.45, 7) is 3.87. The van der Waals surface area contributed by atoms with Crippen molar-refractivity contribution < 1.29 is 13.9 Å². The van der Waals surface area contributed by atoms with Crippen LogP contribution in [0.3, 0.4) is 0 Å². The molecule has 1 rings (SSSR count). The number of methoxy groups -OCH3 is 1. The van der Waals surface area contributed by atoms with Gasteiger partial charge in [-0.3, -0.25) is 4.79 Å². The number of halogens is 1. The lowest BCUT2D eigenvalue weighted by molar-refractivity contribution is -0.135. The van der Waals surface area contributed by atoms with E-state index < -0.39 is 11.4 Å². The molecule has 0 aliphatic carbocycles. The fourth-order valence-corrected chi connectivity index (χ4v) is 1.74. The number of nitrogens with two attached hydrogens (primary N) is 1. The van der Waals surface area contributed by atoms with E-state index in [4.69, 9.17) is 10.5 Å². The third-order valence-electron chi connectivity index (χ3n) is 3.21. The number of carbonyl (C=O) groups is 1. The van der Waals surface area contributed by atoms with Gasteiger partial charge in [0.15, 0.2) is 11.6 Å². The van der Waals surface area contributed by atoms with Gasteiger partial charge in [0.2, 0.25) is 5.91 Å². The minimum atomic E-state index is -0.889. The monoisotopic (exact) mass is 268 g/mol. The number of benzene rings is 1. The summed E-state index contributed by atoms with van der Waals surface area (Å²) in [5.74, 6) is -0.409. The topological polar surface area (TPSA) is 55.6 Å². The summed E-state index contributed by atoms with van der Waals surface area (Å²) < 4.78 is 18.4. The summed E-state index contributed by atoms with van der Waals surface area (Å²) in [5.41, 5.74) is 5.71. The highest BCUT2D eigenvalue weighted by Crippen LogP contribution is 2.19. The van der Waals surface area contributed by atoms with Crippen LogP contribution in [0.15, 0.2) is 18.2 Å². The fourth-order valence-electron chi connectivity index (χ4n) is 1.74. The first-order valence-electron chi connectivity index (χ1n) is 6.18. The van der Waals surface area contributed by atoms with Crippen molar-refractivity contribution in [3.63, 3.8) is 0 Å². The molecule has 0 spiro atoms. The Morgan fingerprint density at radius 2 is 2.16 bits per heavy atom. The minimum absolute atomic E-state index is 0.161. The lowest BCUT2D eigenvalue weighted by atomic mass is 9.98. The van der Waals surface area contributed by atoms with Gasteiger partial charge in [-0.2, -0.15) is 0 Å². The molecule has 0 saturated heterocycles. The molecule has 1 aromatic rings. The van der Waals surface area contributed by atoms with Crippen LogP contribution in [0.1, 0.15) is 25.8 Å². The van der Waals surface area contributed by atoms with Gasteiger partial charge in [0.1, 0.15) is 0 Å². The molecular weight excluding hydrogens is 247 g/mol. The van der Waals surface area contributed by atoms with Crippen molar-refractivity contribution >= 4 is 5.91 Å². The average Bonchev–Trinajstić information content (AvgIpc) is 2.38. The maximum absolute atomic E-state index is 13.5. The molecule has 106 valence electrons. The van der Waals surface area contributed by atoms with E-state index in [1.165, 1.54) is 18.1 Å². The van der Waals surface area contributed by atoms with E-state index in [-0.39, 0.29) is 11.7 Å². The van der Waals surface area contributed by atoms with Crippen LogP contribution in [-0.4, -0.2) is 30.5 Å². The Hall–Kier alpha value is -1.62. The summed E-state index contributed by atoms with van der Waals surface area (Å²) in [6.07, 6.45) is 0.549. The molecule has 1 unspecified atom stereocenters. The molecule has 0 heterocycles. The maximum atomic E-state index is 13.5. The summed E-state index contributed by atoms with van der Waals surface area (Å²) in [5, 5.41) is 0. The fraction of sp³-hybridized carbons (Fsp3) is 0.500. The predicted octanol–water partition coefficient (Wildman–Crippen LogP) is 1.92. The molecule has 0 aliphatic rings. The van der Waals surface area contributed by atoms with Crippen LogP contribution in [0.2, 0.25) is 0 Å². The average molecular weight is 268 g/mol. The Morgan fingerprint density at radius 3 is 2.63 bits per heavy atom. The van der Waals surface area contributed by atoms with Crippen molar-refractivity contribution in [2.24, 2.45) is 5.73 Å². The number of hydrogen-bond acceptors (Lipinski definition) is 3. The molecule has 4 nitrogen and oxygen atoms in total. The molecule has 1 amide bonds.